The molecule has 0 amide bonds. The Morgan fingerprint density at radius 1 is 1.47 bits per heavy atom. The maximum Gasteiger partial charge on any atom is 0.175 e. The fourth-order valence-corrected chi connectivity index (χ4v) is 2.33. The molecule has 19 heavy (non-hydrogen) atoms. The van der Waals surface area contributed by atoms with Gasteiger partial charge in [0, 0.05) is 6.04 Å². The fourth-order valence-electron chi connectivity index (χ4n) is 1.72. The van der Waals surface area contributed by atoms with Gasteiger partial charge in [-0.1, -0.05) is 13.0 Å². The Morgan fingerprint density at radius 2 is 2.21 bits per heavy atom. The smallest absolute Gasteiger partial charge is 0.175 e. The zero-order chi connectivity index (χ0) is 14.3. The van der Waals surface area contributed by atoms with E-state index >= 15 is 0 Å². The Labute approximate surface area is 123 Å². The summed E-state index contributed by atoms with van der Waals surface area (Å²) in [5.74, 6) is 1.47. The molecule has 0 saturated heterocycles. The highest BCUT2D eigenvalue weighted by molar-refractivity contribution is 9.10. The van der Waals surface area contributed by atoms with Gasteiger partial charge in [0.25, 0.3) is 0 Å². The Bertz CT molecular complexity index is 421. The quantitative estimate of drug-likeness (QED) is 0.585. The molecule has 1 unspecified atom stereocenters. The van der Waals surface area contributed by atoms with Crippen molar-refractivity contribution in [2.75, 3.05) is 13.7 Å². The monoisotopic (exact) mass is 327 g/mol. The van der Waals surface area contributed by atoms with E-state index in [0.29, 0.717) is 6.61 Å². The Hall–Kier alpha value is -1.00. The first kappa shape index (κ1) is 16.1. The number of halogens is 1. The van der Waals surface area contributed by atoms with Gasteiger partial charge in [-0.25, -0.2) is 0 Å². The van der Waals surface area contributed by atoms with Crippen molar-refractivity contribution in [1.29, 1.82) is 0 Å². The van der Waals surface area contributed by atoms with Crippen LogP contribution in [0.1, 0.15) is 25.3 Å². The first-order valence-corrected chi connectivity index (χ1v) is 7.27. The number of ether oxygens (including phenoxy) is 2. The molecule has 0 aromatic heterocycles. The standard InChI is InChI=1S/C15H22BrNO2/c1-4-6-7-19-15-13(16)9-11(8-12(17)5-2)10-14(15)18-3/h4,9-10,12H,1,5-8,17H2,2-3H3. The highest BCUT2D eigenvalue weighted by Gasteiger charge is 2.12. The average molecular weight is 328 g/mol. The van der Waals surface area contributed by atoms with Crippen LogP contribution >= 0.6 is 15.9 Å². The molecule has 106 valence electrons. The zero-order valence-electron chi connectivity index (χ0n) is 11.6. The van der Waals surface area contributed by atoms with E-state index in [1.165, 1.54) is 0 Å². The van der Waals surface area contributed by atoms with E-state index in [4.69, 9.17) is 15.2 Å². The number of hydrogen-bond donors (Lipinski definition) is 1. The molecule has 0 heterocycles. The summed E-state index contributed by atoms with van der Waals surface area (Å²) in [5, 5.41) is 0. The molecule has 1 rings (SSSR count). The second-order valence-electron chi connectivity index (χ2n) is 4.41. The van der Waals surface area contributed by atoms with Crippen LogP contribution in [-0.2, 0) is 6.42 Å². The summed E-state index contributed by atoms with van der Waals surface area (Å²) in [6.07, 6.45) is 4.42. The van der Waals surface area contributed by atoms with Crippen LogP contribution in [0, 0.1) is 0 Å². The Kier molecular flexibility index (Phi) is 6.95. The summed E-state index contributed by atoms with van der Waals surface area (Å²) >= 11 is 3.53. The SMILES string of the molecule is C=CCCOc1c(Br)cc(CC(N)CC)cc1OC. The molecule has 2 N–H and O–H groups in total. The lowest BCUT2D eigenvalue weighted by Crippen LogP contribution is -2.21. The van der Waals surface area contributed by atoms with E-state index in [-0.39, 0.29) is 6.04 Å². The average Bonchev–Trinajstić information content (AvgIpc) is 2.40. The van der Waals surface area contributed by atoms with Crippen LogP contribution in [0.25, 0.3) is 0 Å². The molecule has 0 aliphatic heterocycles. The van der Waals surface area contributed by atoms with Crippen molar-refractivity contribution in [2.45, 2.75) is 32.2 Å². The molecule has 0 aliphatic carbocycles. The van der Waals surface area contributed by atoms with Crippen molar-refractivity contribution >= 4 is 15.9 Å². The first-order chi connectivity index (χ1) is 9.12. The third kappa shape index (κ3) is 4.88. The Balaban J connectivity index is 2.90. The van der Waals surface area contributed by atoms with Crippen LogP contribution in [0.4, 0.5) is 0 Å². The Morgan fingerprint density at radius 3 is 2.79 bits per heavy atom. The maximum atomic E-state index is 5.98. The molecule has 1 atom stereocenters. The van der Waals surface area contributed by atoms with Crippen LogP contribution in [0.2, 0.25) is 0 Å². The van der Waals surface area contributed by atoms with E-state index in [1.807, 2.05) is 18.2 Å². The summed E-state index contributed by atoms with van der Waals surface area (Å²) in [6.45, 7) is 6.35. The maximum absolute atomic E-state index is 5.98. The minimum atomic E-state index is 0.171. The van der Waals surface area contributed by atoms with Gasteiger partial charge in [-0.3, -0.25) is 0 Å². The first-order valence-electron chi connectivity index (χ1n) is 6.48. The van der Waals surface area contributed by atoms with E-state index in [1.54, 1.807) is 7.11 Å². The molecule has 0 radical (unpaired) electrons. The number of hydrogen-bond acceptors (Lipinski definition) is 3. The predicted octanol–water partition coefficient (Wildman–Crippen LogP) is 3.69. The predicted molar refractivity (Wildman–Crippen MR) is 83.0 cm³/mol. The van der Waals surface area contributed by atoms with Crippen LogP contribution in [0.15, 0.2) is 29.3 Å². The van der Waals surface area contributed by atoms with E-state index in [0.717, 1.165) is 40.8 Å². The van der Waals surface area contributed by atoms with E-state index in [9.17, 15) is 0 Å². The lowest BCUT2D eigenvalue weighted by molar-refractivity contribution is 0.297. The van der Waals surface area contributed by atoms with E-state index < -0.39 is 0 Å². The van der Waals surface area contributed by atoms with Crippen LogP contribution < -0.4 is 15.2 Å². The van der Waals surface area contributed by atoms with Crippen molar-refractivity contribution < 1.29 is 9.47 Å². The van der Waals surface area contributed by atoms with Gasteiger partial charge < -0.3 is 15.2 Å². The van der Waals surface area contributed by atoms with Gasteiger partial charge in [0.05, 0.1) is 18.2 Å². The van der Waals surface area contributed by atoms with Gasteiger partial charge in [0.15, 0.2) is 11.5 Å². The largest absolute Gasteiger partial charge is 0.493 e. The highest BCUT2D eigenvalue weighted by atomic mass is 79.9. The molecular formula is C15H22BrNO2. The number of benzene rings is 1. The second-order valence-corrected chi connectivity index (χ2v) is 5.26. The van der Waals surface area contributed by atoms with Crippen LogP contribution in [-0.4, -0.2) is 19.8 Å². The third-order valence-electron chi connectivity index (χ3n) is 2.88. The minimum Gasteiger partial charge on any atom is -0.493 e. The van der Waals surface area contributed by atoms with Gasteiger partial charge in [-0.15, -0.1) is 6.58 Å². The second kappa shape index (κ2) is 8.23. The summed E-state index contributed by atoms with van der Waals surface area (Å²) in [6, 6.07) is 4.20. The van der Waals surface area contributed by atoms with Gasteiger partial charge >= 0.3 is 0 Å². The fraction of sp³-hybridized carbons (Fsp3) is 0.467. The number of methoxy groups -OCH3 is 1. The van der Waals surface area contributed by atoms with Crippen molar-refractivity contribution in [1.82, 2.24) is 0 Å². The van der Waals surface area contributed by atoms with Gasteiger partial charge in [-0.2, -0.15) is 0 Å². The summed E-state index contributed by atoms with van der Waals surface area (Å²) in [5.41, 5.74) is 7.13. The minimum absolute atomic E-state index is 0.171. The summed E-state index contributed by atoms with van der Waals surface area (Å²) in [7, 11) is 1.64. The van der Waals surface area contributed by atoms with Crippen molar-refractivity contribution in [3.63, 3.8) is 0 Å². The summed E-state index contributed by atoms with van der Waals surface area (Å²) in [4.78, 5) is 0. The lowest BCUT2D eigenvalue weighted by Gasteiger charge is -2.15. The van der Waals surface area contributed by atoms with Crippen molar-refractivity contribution in [3.05, 3.63) is 34.8 Å². The van der Waals surface area contributed by atoms with Gasteiger partial charge in [-0.05, 0) is 52.9 Å². The van der Waals surface area contributed by atoms with Crippen molar-refractivity contribution in [3.8, 4) is 11.5 Å². The molecule has 3 nitrogen and oxygen atoms in total. The third-order valence-corrected chi connectivity index (χ3v) is 3.47. The normalized spacial score (nSPS) is 12.0. The van der Waals surface area contributed by atoms with Crippen LogP contribution in [0.3, 0.4) is 0 Å². The molecule has 1 aromatic rings. The topological polar surface area (TPSA) is 44.5 Å². The van der Waals surface area contributed by atoms with Crippen molar-refractivity contribution in [2.24, 2.45) is 5.73 Å². The highest BCUT2D eigenvalue weighted by Crippen LogP contribution is 2.37. The molecule has 1 aromatic carbocycles. The molecule has 0 aliphatic rings. The number of nitrogens with two attached hydrogens (primary N) is 1. The molecule has 0 saturated carbocycles. The lowest BCUT2D eigenvalue weighted by atomic mass is 10.0. The molecule has 0 bridgehead atoms. The number of rotatable bonds is 8. The molecule has 0 spiro atoms. The van der Waals surface area contributed by atoms with E-state index in [2.05, 4.69) is 29.4 Å². The van der Waals surface area contributed by atoms with Gasteiger partial charge in [0.1, 0.15) is 0 Å². The molecule has 0 fully saturated rings. The van der Waals surface area contributed by atoms with Crippen LogP contribution in [0.5, 0.6) is 11.5 Å². The molecule has 4 heteroatoms. The summed E-state index contributed by atoms with van der Waals surface area (Å²) < 4.78 is 12.0. The molecular weight excluding hydrogens is 306 g/mol. The zero-order valence-corrected chi connectivity index (χ0v) is 13.2. The van der Waals surface area contributed by atoms with Gasteiger partial charge in [0.2, 0.25) is 0 Å².